The number of rotatable bonds is 6. The van der Waals surface area contributed by atoms with Gasteiger partial charge in [-0.1, -0.05) is 42.5 Å². The van der Waals surface area contributed by atoms with E-state index in [4.69, 9.17) is 4.74 Å². The monoisotopic (exact) mass is 350 g/mol. The van der Waals surface area contributed by atoms with Crippen molar-refractivity contribution in [2.75, 3.05) is 0 Å². The highest BCUT2D eigenvalue weighted by atomic mass is 16.5. The lowest BCUT2D eigenvalue weighted by atomic mass is 10.0. The van der Waals surface area contributed by atoms with Crippen LogP contribution in [0.1, 0.15) is 11.1 Å². The number of fused-ring (bicyclic) bond motifs is 1. The molecule has 0 radical (unpaired) electrons. The van der Waals surface area contributed by atoms with Crippen LogP contribution in [-0.2, 0) is 22.6 Å². The van der Waals surface area contributed by atoms with E-state index in [1.165, 1.54) is 0 Å². The second-order valence-corrected chi connectivity index (χ2v) is 5.83. The Hall–Kier alpha value is -3.41. The first kappa shape index (κ1) is 17.4. The Bertz CT molecular complexity index is 912. The van der Waals surface area contributed by atoms with Gasteiger partial charge in [-0.25, -0.2) is 9.59 Å². The van der Waals surface area contributed by atoms with E-state index in [2.05, 4.69) is 10.3 Å². The van der Waals surface area contributed by atoms with Crippen molar-refractivity contribution in [2.24, 2.45) is 0 Å². The molecule has 26 heavy (non-hydrogen) atoms. The molecule has 3 aromatic rings. The molecule has 0 unspecified atom stereocenters. The fourth-order valence-electron chi connectivity index (χ4n) is 2.59. The summed E-state index contributed by atoms with van der Waals surface area (Å²) >= 11 is 0. The van der Waals surface area contributed by atoms with Crippen molar-refractivity contribution in [2.45, 2.75) is 19.1 Å². The number of hydrogen-bond donors (Lipinski definition) is 2. The van der Waals surface area contributed by atoms with Crippen LogP contribution < -0.4 is 5.32 Å². The largest absolute Gasteiger partial charge is 0.480 e. The van der Waals surface area contributed by atoms with Gasteiger partial charge in [-0.15, -0.1) is 0 Å². The van der Waals surface area contributed by atoms with Crippen molar-refractivity contribution in [1.29, 1.82) is 0 Å². The summed E-state index contributed by atoms with van der Waals surface area (Å²) < 4.78 is 5.09. The second kappa shape index (κ2) is 8.11. The smallest absolute Gasteiger partial charge is 0.408 e. The minimum absolute atomic E-state index is 0.0840. The van der Waals surface area contributed by atoms with Crippen molar-refractivity contribution >= 4 is 23.0 Å². The Balaban J connectivity index is 1.62. The van der Waals surface area contributed by atoms with Crippen molar-refractivity contribution in [1.82, 2.24) is 10.3 Å². The fraction of sp³-hybridized carbons (Fsp3) is 0.150. The Morgan fingerprint density at radius 2 is 1.85 bits per heavy atom. The maximum atomic E-state index is 11.9. The van der Waals surface area contributed by atoms with Gasteiger partial charge < -0.3 is 15.2 Å². The minimum Gasteiger partial charge on any atom is -0.480 e. The zero-order valence-corrected chi connectivity index (χ0v) is 14.0. The molecule has 0 saturated carbocycles. The number of carbonyl (C=O) groups excluding carboxylic acids is 1. The quantitative estimate of drug-likeness (QED) is 0.713. The standard InChI is InChI=1S/C20H18N2O4/c23-19(24)18(22-20(25)26-13-14-5-2-1-3-6-14)12-15-8-9-17-16(11-15)7-4-10-21-17/h1-11,18H,12-13H2,(H,22,25)(H,23,24)/t18-/m1/s1. The van der Waals surface area contributed by atoms with Gasteiger partial charge in [0.15, 0.2) is 0 Å². The number of amides is 1. The number of carboxylic acids is 1. The number of alkyl carbamates (subject to hydrolysis) is 1. The van der Waals surface area contributed by atoms with Gasteiger partial charge in [0.05, 0.1) is 5.52 Å². The van der Waals surface area contributed by atoms with Gasteiger partial charge in [0.1, 0.15) is 12.6 Å². The summed E-state index contributed by atoms with van der Waals surface area (Å²) in [4.78, 5) is 27.7. The molecule has 6 heteroatoms. The molecule has 0 saturated heterocycles. The Morgan fingerprint density at radius 3 is 2.62 bits per heavy atom. The van der Waals surface area contributed by atoms with E-state index in [1.54, 1.807) is 6.20 Å². The highest BCUT2D eigenvalue weighted by Gasteiger charge is 2.21. The summed E-state index contributed by atoms with van der Waals surface area (Å²) in [6.45, 7) is 0.0840. The number of hydrogen-bond acceptors (Lipinski definition) is 4. The molecular formula is C20H18N2O4. The van der Waals surface area contributed by atoms with Crippen LogP contribution in [0.25, 0.3) is 10.9 Å². The van der Waals surface area contributed by atoms with Crippen LogP contribution in [0.5, 0.6) is 0 Å². The van der Waals surface area contributed by atoms with Gasteiger partial charge >= 0.3 is 12.1 Å². The van der Waals surface area contributed by atoms with E-state index in [1.807, 2.05) is 60.7 Å². The molecule has 3 rings (SSSR count). The molecule has 0 aliphatic rings. The summed E-state index contributed by atoms with van der Waals surface area (Å²) in [6, 6.07) is 17.3. The summed E-state index contributed by atoms with van der Waals surface area (Å²) in [7, 11) is 0. The van der Waals surface area contributed by atoms with E-state index in [9.17, 15) is 14.7 Å². The maximum absolute atomic E-state index is 11.9. The number of benzene rings is 2. The molecule has 0 aliphatic heterocycles. The molecule has 0 fully saturated rings. The fourth-order valence-corrected chi connectivity index (χ4v) is 2.59. The average Bonchev–Trinajstić information content (AvgIpc) is 2.66. The molecule has 1 atom stereocenters. The number of ether oxygens (including phenoxy) is 1. The van der Waals surface area contributed by atoms with Gasteiger partial charge in [-0.2, -0.15) is 0 Å². The maximum Gasteiger partial charge on any atom is 0.408 e. The van der Waals surface area contributed by atoms with Gasteiger partial charge in [-0.3, -0.25) is 4.98 Å². The Kier molecular flexibility index (Phi) is 5.43. The van der Waals surface area contributed by atoms with Crippen LogP contribution in [0, 0.1) is 0 Å². The number of aromatic nitrogens is 1. The molecule has 0 aliphatic carbocycles. The van der Waals surface area contributed by atoms with Gasteiger partial charge in [0.2, 0.25) is 0 Å². The zero-order chi connectivity index (χ0) is 18.4. The summed E-state index contributed by atoms with van der Waals surface area (Å²) in [5.74, 6) is -1.12. The lowest BCUT2D eigenvalue weighted by Crippen LogP contribution is -2.42. The van der Waals surface area contributed by atoms with Crippen LogP contribution in [0.2, 0.25) is 0 Å². The van der Waals surface area contributed by atoms with Crippen LogP contribution in [0.3, 0.4) is 0 Å². The van der Waals surface area contributed by atoms with Gasteiger partial charge in [-0.05, 0) is 29.3 Å². The molecule has 6 nitrogen and oxygen atoms in total. The highest BCUT2D eigenvalue weighted by Crippen LogP contribution is 2.15. The van der Waals surface area contributed by atoms with Gasteiger partial charge in [0, 0.05) is 18.0 Å². The summed E-state index contributed by atoms with van der Waals surface area (Å²) in [6.07, 6.45) is 1.09. The number of carboxylic acid groups (broad SMARTS) is 1. The Labute approximate surface area is 150 Å². The molecule has 132 valence electrons. The molecule has 2 aromatic carbocycles. The third-order valence-corrected chi connectivity index (χ3v) is 3.91. The predicted molar refractivity (Wildman–Crippen MR) is 96.6 cm³/mol. The highest BCUT2D eigenvalue weighted by molar-refractivity contribution is 5.81. The molecule has 0 spiro atoms. The van der Waals surface area contributed by atoms with Crippen LogP contribution in [0.4, 0.5) is 4.79 Å². The van der Waals surface area contributed by atoms with E-state index in [0.717, 1.165) is 22.0 Å². The third kappa shape index (κ3) is 4.57. The normalized spacial score (nSPS) is 11.7. The average molecular weight is 350 g/mol. The van der Waals surface area contributed by atoms with Gasteiger partial charge in [0.25, 0.3) is 0 Å². The topological polar surface area (TPSA) is 88.5 Å². The third-order valence-electron chi connectivity index (χ3n) is 3.91. The molecule has 1 aromatic heterocycles. The number of aliphatic carboxylic acids is 1. The minimum atomic E-state index is -1.12. The van der Waals surface area contributed by atoms with Crippen LogP contribution in [0.15, 0.2) is 66.9 Å². The van der Waals surface area contributed by atoms with E-state index >= 15 is 0 Å². The van der Waals surface area contributed by atoms with Crippen molar-refractivity contribution in [3.63, 3.8) is 0 Å². The summed E-state index contributed by atoms with van der Waals surface area (Å²) in [5, 5.41) is 12.7. The SMILES string of the molecule is O=C(N[C@H](Cc1ccc2ncccc2c1)C(=O)O)OCc1ccccc1. The Morgan fingerprint density at radius 1 is 1.04 bits per heavy atom. The number of nitrogens with one attached hydrogen (secondary N) is 1. The van der Waals surface area contributed by atoms with E-state index < -0.39 is 18.1 Å². The lowest BCUT2D eigenvalue weighted by molar-refractivity contribution is -0.139. The number of pyridine rings is 1. The van der Waals surface area contributed by atoms with Crippen molar-refractivity contribution < 1.29 is 19.4 Å². The number of carbonyl (C=O) groups is 2. The molecule has 0 bridgehead atoms. The molecule has 2 N–H and O–H groups in total. The van der Waals surface area contributed by atoms with Crippen molar-refractivity contribution in [3.8, 4) is 0 Å². The first-order chi connectivity index (χ1) is 12.6. The zero-order valence-electron chi connectivity index (χ0n) is 14.0. The predicted octanol–water partition coefficient (Wildman–Crippen LogP) is 3.16. The number of nitrogens with zero attached hydrogens (tertiary/aromatic N) is 1. The van der Waals surface area contributed by atoms with E-state index in [-0.39, 0.29) is 13.0 Å². The van der Waals surface area contributed by atoms with Crippen molar-refractivity contribution in [3.05, 3.63) is 78.0 Å². The van der Waals surface area contributed by atoms with Crippen LogP contribution in [-0.4, -0.2) is 28.2 Å². The lowest BCUT2D eigenvalue weighted by Gasteiger charge is -2.15. The van der Waals surface area contributed by atoms with E-state index in [0.29, 0.717) is 0 Å². The first-order valence-electron chi connectivity index (χ1n) is 8.15. The molecule has 1 amide bonds. The molecular weight excluding hydrogens is 332 g/mol. The summed E-state index contributed by atoms with van der Waals surface area (Å²) in [5.41, 5.74) is 2.45. The first-order valence-corrected chi connectivity index (χ1v) is 8.15. The molecule has 1 heterocycles. The van der Waals surface area contributed by atoms with Crippen LogP contribution >= 0.6 is 0 Å². The second-order valence-electron chi connectivity index (χ2n) is 5.83.